The Morgan fingerprint density at radius 1 is 1.21 bits per heavy atom. The van der Waals surface area contributed by atoms with E-state index in [2.05, 4.69) is 20.5 Å². The Labute approximate surface area is 188 Å². The van der Waals surface area contributed by atoms with Gasteiger partial charge in [-0.1, -0.05) is 11.6 Å². The minimum absolute atomic E-state index is 0.201. The minimum atomic E-state index is -4.45. The first-order valence-electron chi connectivity index (χ1n) is 10.4. The molecule has 3 heterocycles. The van der Waals surface area contributed by atoms with Gasteiger partial charge in [-0.2, -0.15) is 28.2 Å². The van der Waals surface area contributed by atoms with E-state index in [0.29, 0.717) is 24.4 Å². The third-order valence-corrected chi connectivity index (χ3v) is 5.52. The zero-order valence-corrected chi connectivity index (χ0v) is 18.1. The van der Waals surface area contributed by atoms with Crippen molar-refractivity contribution in [2.75, 3.05) is 25.0 Å². The molecule has 0 radical (unpaired) electrons. The maximum absolute atomic E-state index is 13.6. The van der Waals surface area contributed by atoms with Gasteiger partial charge >= 0.3 is 6.18 Å². The highest BCUT2D eigenvalue weighted by molar-refractivity contribution is 5.98. The van der Waals surface area contributed by atoms with Crippen LogP contribution in [0.15, 0.2) is 48.9 Å². The van der Waals surface area contributed by atoms with Crippen LogP contribution in [-0.2, 0) is 10.9 Å². The first kappa shape index (κ1) is 22.7. The highest BCUT2D eigenvalue weighted by Gasteiger charge is 2.35. The first-order valence-corrected chi connectivity index (χ1v) is 10.4. The molecular formula is C22H23F3N6O2. The fraction of sp³-hybridized carbons (Fsp3) is 0.364. The van der Waals surface area contributed by atoms with E-state index in [1.807, 2.05) is 19.9 Å². The summed E-state index contributed by atoms with van der Waals surface area (Å²) in [6, 6.07) is 7.34. The molecule has 0 saturated carbocycles. The van der Waals surface area contributed by atoms with Gasteiger partial charge in [-0.05, 0) is 38.1 Å². The van der Waals surface area contributed by atoms with Crippen molar-refractivity contribution in [2.45, 2.75) is 32.2 Å². The van der Waals surface area contributed by atoms with E-state index < -0.39 is 11.7 Å². The monoisotopic (exact) mass is 460 g/mol. The van der Waals surface area contributed by atoms with Gasteiger partial charge in [0.15, 0.2) is 0 Å². The van der Waals surface area contributed by atoms with Gasteiger partial charge in [0.2, 0.25) is 0 Å². The van der Waals surface area contributed by atoms with Crippen molar-refractivity contribution >= 4 is 11.7 Å². The van der Waals surface area contributed by atoms with Crippen LogP contribution in [-0.4, -0.2) is 62.6 Å². The summed E-state index contributed by atoms with van der Waals surface area (Å²) < 4.78 is 44.1. The fourth-order valence-corrected chi connectivity index (χ4v) is 3.76. The number of nitrogens with one attached hydrogen (secondary N) is 1. The molecule has 33 heavy (non-hydrogen) atoms. The SMILES string of the molecule is Cc1ccc(-n2nccn2)c(C(=O)N2CCOC(C)C2CNc2ccc(C(F)(F)F)cn2)c1. The lowest BCUT2D eigenvalue weighted by atomic mass is 10.0. The van der Waals surface area contributed by atoms with Crippen molar-refractivity contribution in [3.8, 4) is 5.69 Å². The lowest BCUT2D eigenvalue weighted by Gasteiger charge is -2.40. The Hall–Kier alpha value is -3.47. The van der Waals surface area contributed by atoms with Gasteiger partial charge in [-0.3, -0.25) is 4.79 Å². The number of hydrogen-bond donors (Lipinski definition) is 1. The lowest BCUT2D eigenvalue weighted by Crippen LogP contribution is -2.55. The van der Waals surface area contributed by atoms with Crippen molar-refractivity contribution in [2.24, 2.45) is 0 Å². The second-order valence-electron chi connectivity index (χ2n) is 7.79. The van der Waals surface area contributed by atoms with Crippen LogP contribution in [0.4, 0.5) is 19.0 Å². The Morgan fingerprint density at radius 3 is 2.64 bits per heavy atom. The van der Waals surface area contributed by atoms with Gasteiger partial charge in [0.05, 0.1) is 48.0 Å². The van der Waals surface area contributed by atoms with Crippen LogP contribution in [0.25, 0.3) is 5.69 Å². The van der Waals surface area contributed by atoms with E-state index in [-0.39, 0.29) is 30.4 Å². The molecule has 1 N–H and O–H groups in total. The number of aromatic nitrogens is 4. The molecule has 1 amide bonds. The van der Waals surface area contributed by atoms with Crippen molar-refractivity contribution in [3.63, 3.8) is 0 Å². The summed E-state index contributed by atoms with van der Waals surface area (Å²) in [5.74, 6) is 0.0819. The molecule has 0 bridgehead atoms. The van der Waals surface area contributed by atoms with Crippen LogP contribution >= 0.6 is 0 Å². The number of pyridine rings is 1. The molecule has 1 saturated heterocycles. The predicted octanol–water partition coefficient (Wildman–Crippen LogP) is 3.33. The van der Waals surface area contributed by atoms with E-state index in [0.717, 1.165) is 17.8 Å². The number of anilines is 1. The summed E-state index contributed by atoms with van der Waals surface area (Å²) in [6.07, 6.45) is -0.887. The number of carbonyl (C=O) groups excluding carboxylic acids is 1. The molecule has 1 fully saturated rings. The van der Waals surface area contributed by atoms with Crippen LogP contribution < -0.4 is 5.32 Å². The average Bonchev–Trinajstić information content (AvgIpc) is 3.32. The normalized spacial score (nSPS) is 18.9. The quantitative estimate of drug-likeness (QED) is 0.629. The van der Waals surface area contributed by atoms with Crippen LogP contribution in [0, 0.1) is 6.92 Å². The zero-order valence-electron chi connectivity index (χ0n) is 18.1. The summed E-state index contributed by atoms with van der Waals surface area (Å²) in [4.78, 5) is 20.6. The molecule has 1 aliphatic heterocycles. The molecule has 174 valence electrons. The maximum atomic E-state index is 13.6. The summed E-state index contributed by atoms with van der Waals surface area (Å²) in [5.41, 5.74) is 1.11. The largest absolute Gasteiger partial charge is 0.417 e. The average molecular weight is 460 g/mol. The number of rotatable bonds is 5. The summed E-state index contributed by atoms with van der Waals surface area (Å²) in [6.45, 7) is 4.76. The number of amides is 1. The lowest BCUT2D eigenvalue weighted by molar-refractivity contribution is -0.137. The summed E-state index contributed by atoms with van der Waals surface area (Å²) >= 11 is 0. The highest BCUT2D eigenvalue weighted by Crippen LogP contribution is 2.29. The third-order valence-electron chi connectivity index (χ3n) is 5.52. The molecule has 0 aliphatic carbocycles. The van der Waals surface area contributed by atoms with Gasteiger partial charge in [0.25, 0.3) is 5.91 Å². The Bertz CT molecular complexity index is 1100. The topological polar surface area (TPSA) is 85.2 Å². The Morgan fingerprint density at radius 2 is 1.97 bits per heavy atom. The Kier molecular flexibility index (Phi) is 6.32. The second-order valence-corrected chi connectivity index (χ2v) is 7.79. The van der Waals surface area contributed by atoms with Crippen molar-refractivity contribution in [3.05, 3.63) is 65.6 Å². The van der Waals surface area contributed by atoms with Crippen LogP contribution in [0.2, 0.25) is 0 Å². The van der Waals surface area contributed by atoms with Crippen molar-refractivity contribution < 1.29 is 22.7 Å². The van der Waals surface area contributed by atoms with Crippen LogP contribution in [0.1, 0.15) is 28.4 Å². The number of carbonyl (C=O) groups is 1. The molecule has 2 aromatic heterocycles. The molecule has 8 nitrogen and oxygen atoms in total. The zero-order chi connectivity index (χ0) is 23.6. The smallest absolute Gasteiger partial charge is 0.374 e. The molecule has 1 aromatic carbocycles. The molecule has 11 heteroatoms. The van der Waals surface area contributed by atoms with E-state index >= 15 is 0 Å². The van der Waals surface area contributed by atoms with Gasteiger partial charge < -0.3 is 15.0 Å². The summed E-state index contributed by atoms with van der Waals surface area (Å²) in [7, 11) is 0. The van der Waals surface area contributed by atoms with Crippen molar-refractivity contribution in [1.82, 2.24) is 24.9 Å². The van der Waals surface area contributed by atoms with Gasteiger partial charge in [0.1, 0.15) is 5.82 Å². The summed E-state index contributed by atoms with van der Waals surface area (Å²) in [5, 5.41) is 11.3. The number of ether oxygens (including phenoxy) is 1. The standard InChI is InChI=1S/C22H23F3N6O2/c1-14-3-5-18(31-28-7-8-29-31)17(11-14)21(32)30-9-10-33-15(2)19(30)13-27-20-6-4-16(12-26-20)22(23,24)25/h3-8,11-12,15,19H,9-10,13H2,1-2H3,(H,26,27). The number of halogens is 3. The molecule has 3 aromatic rings. The fourth-order valence-electron chi connectivity index (χ4n) is 3.76. The number of aryl methyl sites for hydroxylation is 1. The molecule has 2 atom stereocenters. The number of alkyl halides is 3. The maximum Gasteiger partial charge on any atom is 0.417 e. The third kappa shape index (κ3) is 4.98. The number of morpholine rings is 1. The van der Waals surface area contributed by atoms with E-state index in [9.17, 15) is 18.0 Å². The number of hydrogen-bond acceptors (Lipinski definition) is 6. The second kappa shape index (κ2) is 9.18. The Balaban J connectivity index is 1.55. The van der Waals surface area contributed by atoms with Crippen molar-refractivity contribution in [1.29, 1.82) is 0 Å². The van der Waals surface area contributed by atoms with Crippen LogP contribution in [0.3, 0.4) is 0 Å². The van der Waals surface area contributed by atoms with Gasteiger partial charge in [0, 0.05) is 19.3 Å². The van der Waals surface area contributed by atoms with Crippen LogP contribution in [0.5, 0.6) is 0 Å². The predicted molar refractivity (Wildman–Crippen MR) is 114 cm³/mol. The van der Waals surface area contributed by atoms with E-state index in [1.54, 1.807) is 17.0 Å². The highest BCUT2D eigenvalue weighted by atomic mass is 19.4. The molecular weight excluding hydrogens is 437 g/mol. The van der Waals surface area contributed by atoms with E-state index in [4.69, 9.17) is 4.74 Å². The molecule has 4 rings (SSSR count). The number of benzene rings is 1. The van der Waals surface area contributed by atoms with E-state index in [1.165, 1.54) is 23.3 Å². The molecule has 1 aliphatic rings. The van der Waals surface area contributed by atoms with Gasteiger partial charge in [-0.15, -0.1) is 0 Å². The minimum Gasteiger partial charge on any atom is -0.374 e. The number of nitrogens with zero attached hydrogens (tertiary/aromatic N) is 5. The molecule has 0 spiro atoms. The molecule has 2 unspecified atom stereocenters. The van der Waals surface area contributed by atoms with Gasteiger partial charge in [-0.25, -0.2) is 4.98 Å². The first-order chi connectivity index (χ1) is 15.7.